The summed E-state index contributed by atoms with van der Waals surface area (Å²) in [6, 6.07) is 2.96. The molecule has 0 spiro atoms. The predicted molar refractivity (Wildman–Crippen MR) is 189 cm³/mol. The van der Waals surface area contributed by atoms with Gasteiger partial charge < -0.3 is 19.7 Å². The van der Waals surface area contributed by atoms with E-state index >= 15 is 0 Å². The molecule has 1 aromatic carbocycles. The molecule has 6 rings (SSSR count). The average Bonchev–Trinajstić information content (AvgIpc) is 3.99. The minimum atomic E-state index is -3.90. The first-order valence-electron chi connectivity index (χ1n) is 18.3. The number of ether oxygens (including phenoxy) is 2. The van der Waals surface area contributed by atoms with E-state index in [2.05, 4.69) is 20.0 Å². The van der Waals surface area contributed by atoms with Gasteiger partial charge >= 0.3 is 5.97 Å². The molecule has 15 heteroatoms. The van der Waals surface area contributed by atoms with Crippen LogP contribution in [0.2, 0.25) is 0 Å². The lowest BCUT2D eigenvalue weighted by molar-refractivity contribution is -0.159. The van der Waals surface area contributed by atoms with Crippen molar-refractivity contribution in [3.05, 3.63) is 41.9 Å². The quantitative estimate of drug-likeness (QED) is 0.297. The van der Waals surface area contributed by atoms with Gasteiger partial charge in [0.1, 0.15) is 34.8 Å². The van der Waals surface area contributed by atoms with Crippen molar-refractivity contribution in [3.8, 4) is 5.88 Å². The Balaban J connectivity index is 1.32. The van der Waals surface area contributed by atoms with Crippen LogP contribution in [0.25, 0.3) is 11.0 Å². The predicted octanol–water partition coefficient (Wildman–Crippen LogP) is 4.03. The second-order valence-corrected chi connectivity index (χ2v) is 17.4. The van der Waals surface area contributed by atoms with Crippen LogP contribution in [0.15, 0.2) is 30.4 Å². The molecule has 3 amide bonds. The molecule has 2 N–H and O–H groups in total. The fourth-order valence-electron chi connectivity index (χ4n) is 7.09. The van der Waals surface area contributed by atoms with Crippen LogP contribution in [0.4, 0.5) is 4.39 Å². The number of nitrogens with zero attached hydrogens (tertiary/aromatic N) is 3. The first-order valence-corrected chi connectivity index (χ1v) is 19.8. The average molecular weight is 742 g/mol. The van der Waals surface area contributed by atoms with E-state index in [1.807, 2.05) is 19.1 Å². The molecule has 2 aromatic rings. The molecule has 0 radical (unpaired) electrons. The molecule has 5 atom stereocenters. The molecular weight excluding hydrogens is 693 g/mol. The lowest BCUT2D eigenvalue weighted by Gasteiger charge is -2.30. The van der Waals surface area contributed by atoms with Crippen LogP contribution in [0.1, 0.15) is 97.6 Å². The van der Waals surface area contributed by atoms with Crippen LogP contribution in [-0.4, -0.2) is 82.1 Å². The second-order valence-electron chi connectivity index (χ2n) is 15.4. The highest BCUT2D eigenvalue weighted by atomic mass is 32.2. The van der Waals surface area contributed by atoms with Crippen LogP contribution < -0.4 is 14.8 Å². The second kappa shape index (κ2) is 14.7. The van der Waals surface area contributed by atoms with Crippen molar-refractivity contribution < 1.29 is 41.5 Å². The van der Waals surface area contributed by atoms with E-state index in [0.717, 1.165) is 12.8 Å². The molecule has 52 heavy (non-hydrogen) atoms. The largest absolute Gasteiger partial charge is 0.471 e. The third kappa shape index (κ3) is 8.56. The van der Waals surface area contributed by atoms with E-state index in [9.17, 15) is 32.0 Å². The summed E-state index contributed by atoms with van der Waals surface area (Å²) >= 11 is 0. The first kappa shape index (κ1) is 37.6. The van der Waals surface area contributed by atoms with Crippen molar-refractivity contribution in [1.82, 2.24) is 24.9 Å². The number of sulfonamides is 1. The number of carbonyl (C=O) groups is 4. The van der Waals surface area contributed by atoms with E-state index in [0.29, 0.717) is 49.7 Å². The standard InChI is InChI=1S/C37H48FN5O8S/c1-5-27-33(40-29-18-24(38)13-16-28(29)39-27)50-25-19-30-32(45)41-37(35(47)42-52(48,49)26-14-15-26)20-23(37)12-10-8-6-7-9-11-22(34(46)43(30)21-25)17-31(44)51-36(2,3)4/h10,12-13,16,18,22-23,25-26,30H,5-9,11,14-15,17,19-21H2,1-4H3,(H,41,45)(H,42,47)/b12-10-/t22-,23-,25-,30+,37-/m1/s1. The van der Waals surface area contributed by atoms with Crippen molar-refractivity contribution >= 4 is 44.7 Å². The van der Waals surface area contributed by atoms with Crippen molar-refractivity contribution in [2.24, 2.45) is 11.8 Å². The summed E-state index contributed by atoms with van der Waals surface area (Å²) in [5, 5.41) is 2.22. The fourth-order valence-corrected chi connectivity index (χ4v) is 8.46. The number of allylic oxidation sites excluding steroid dienone is 1. The summed E-state index contributed by atoms with van der Waals surface area (Å²) in [5.41, 5.74) is -0.979. The van der Waals surface area contributed by atoms with Gasteiger partial charge in [0.05, 0.1) is 29.2 Å². The Labute approximate surface area is 303 Å². The maximum Gasteiger partial charge on any atom is 0.307 e. The van der Waals surface area contributed by atoms with Crippen molar-refractivity contribution in [2.45, 2.75) is 127 Å². The Morgan fingerprint density at radius 2 is 1.87 bits per heavy atom. The molecule has 0 bridgehead atoms. The van der Waals surface area contributed by atoms with Crippen LogP contribution >= 0.6 is 0 Å². The van der Waals surface area contributed by atoms with Gasteiger partial charge in [0.2, 0.25) is 27.7 Å². The number of benzene rings is 1. The van der Waals surface area contributed by atoms with Gasteiger partial charge in [-0.3, -0.25) is 23.9 Å². The minimum absolute atomic E-state index is 0.0152. The third-order valence-corrected chi connectivity index (χ3v) is 11.9. The number of nitrogens with one attached hydrogen (secondary N) is 2. The van der Waals surface area contributed by atoms with E-state index in [1.54, 1.807) is 20.8 Å². The molecule has 13 nitrogen and oxygen atoms in total. The molecule has 2 saturated carbocycles. The smallest absolute Gasteiger partial charge is 0.307 e. The SMILES string of the molecule is CCc1nc2ccc(F)cc2nc1O[C@@H]1C[C@H]2C(=O)N[C@]3(C(=O)NS(=O)(=O)C4CC4)C[C@H]3/C=C\CCCCC[C@H](CC(=O)OC(C)(C)C)C(=O)N2C1. The highest BCUT2D eigenvalue weighted by Gasteiger charge is 2.62. The number of fused-ring (bicyclic) bond motifs is 3. The van der Waals surface area contributed by atoms with E-state index in [4.69, 9.17) is 9.47 Å². The number of hydrogen-bond donors (Lipinski definition) is 2. The van der Waals surface area contributed by atoms with Gasteiger partial charge in [-0.15, -0.1) is 0 Å². The van der Waals surface area contributed by atoms with Crippen molar-refractivity contribution in [1.29, 1.82) is 0 Å². The Morgan fingerprint density at radius 1 is 1.10 bits per heavy atom. The molecule has 2 aliphatic heterocycles. The Bertz CT molecular complexity index is 1880. The fraction of sp³-hybridized carbons (Fsp3) is 0.622. The number of rotatable bonds is 8. The highest BCUT2D eigenvalue weighted by Crippen LogP contribution is 2.46. The third-order valence-electron chi connectivity index (χ3n) is 10.1. The summed E-state index contributed by atoms with van der Waals surface area (Å²) in [5.74, 6) is -3.94. The molecule has 1 saturated heterocycles. The molecule has 3 heterocycles. The molecule has 0 unspecified atom stereocenters. The van der Waals surface area contributed by atoms with Gasteiger partial charge in [0.15, 0.2) is 0 Å². The monoisotopic (exact) mass is 741 g/mol. The minimum Gasteiger partial charge on any atom is -0.471 e. The van der Waals surface area contributed by atoms with Gasteiger partial charge in [-0.05, 0) is 77.8 Å². The van der Waals surface area contributed by atoms with Gasteiger partial charge in [0, 0.05) is 24.3 Å². The maximum atomic E-state index is 14.5. The maximum absolute atomic E-state index is 14.5. The molecule has 4 aliphatic rings. The summed E-state index contributed by atoms with van der Waals surface area (Å²) in [7, 11) is -3.90. The lowest BCUT2D eigenvalue weighted by atomic mass is 9.95. The molecule has 2 aliphatic carbocycles. The zero-order valence-corrected chi connectivity index (χ0v) is 31.0. The molecular formula is C37H48FN5O8S. The number of esters is 1. The topological polar surface area (TPSA) is 174 Å². The van der Waals surface area contributed by atoms with Crippen LogP contribution in [-0.2, 0) is 40.4 Å². The molecule has 282 valence electrons. The number of aryl methyl sites for hydroxylation is 1. The Kier molecular flexibility index (Phi) is 10.6. The number of hydrogen-bond acceptors (Lipinski definition) is 10. The van der Waals surface area contributed by atoms with Crippen LogP contribution in [0.5, 0.6) is 5.88 Å². The highest BCUT2D eigenvalue weighted by molar-refractivity contribution is 7.91. The van der Waals surface area contributed by atoms with E-state index in [-0.39, 0.29) is 37.2 Å². The number of aromatic nitrogens is 2. The van der Waals surface area contributed by atoms with Gasteiger partial charge in [-0.1, -0.05) is 31.9 Å². The summed E-state index contributed by atoms with van der Waals surface area (Å²) < 4.78 is 53.8. The first-order chi connectivity index (χ1) is 24.6. The summed E-state index contributed by atoms with van der Waals surface area (Å²) in [4.78, 5) is 66.0. The van der Waals surface area contributed by atoms with E-state index < -0.39 is 79.9 Å². The summed E-state index contributed by atoms with van der Waals surface area (Å²) in [6.07, 6.45) is 7.80. The van der Waals surface area contributed by atoms with Crippen LogP contribution in [0, 0.1) is 17.7 Å². The Morgan fingerprint density at radius 3 is 2.58 bits per heavy atom. The van der Waals surface area contributed by atoms with Gasteiger partial charge in [0.25, 0.3) is 5.91 Å². The van der Waals surface area contributed by atoms with E-state index in [1.165, 1.54) is 23.1 Å². The summed E-state index contributed by atoms with van der Waals surface area (Å²) in [6.45, 7) is 7.09. The molecule has 3 fully saturated rings. The number of carbonyl (C=O) groups excluding carboxylic acids is 4. The molecule has 1 aromatic heterocycles. The number of amides is 3. The lowest BCUT2D eigenvalue weighted by Crippen LogP contribution is -2.57. The van der Waals surface area contributed by atoms with Crippen molar-refractivity contribution in [3.63, 3.8) is 0 Å². The normalized spacial score (nSPS) is 27.8. The zero-order chi connectivity index (χ0) is 37.4. The zero-order valence-electron chi connectivity index (χ0n) is 30.2. The number of halogens is 1. The van der Waals surface area contributed by atoms with Gasteiger partial charge in [-0.2, -0.15) is 0 Å². The Hall–Kier alpha value is -4.14. The van der Waals surface area contributed by atoms with Crippen LogP contribution in [0.3, 0.4) is 0 Å². The van der Waals surface area contributed by atoms with Gasteiger partial charge in [-0.25, -0.2) is 22.8 Å². The van der Waals surface area contributed by atoms with Crippen molar-refractivity contribution in [2.75, 3.05) is 6.54 Å².